The Morgan fingerprint density at radius 1 is 0.643 bits per heavy atom. The van der Waals surface area contributed by atoms with E-state index in [4.69, 9.17) is 9.59 Å². The maximum absolute atomic E-state index is 8.81. The average molecular weight is 186 g/mol. The van der Waals surface area contributed by atoms with Crippen molar-refractivity contribution in [3.8, 4) is 0 Å². The molecule has 2 rings (SSSR count). The Hall–Kier alpha value is -1.96. The van der Waals surface area contributed by atoms with Crippen molar-refractivity contribution in [3.05, 3.63) is 48.5 Å². The minimum Gasteiger partial charge on any atom is -0.295 e. The molecule has 0 aliphatic rings. The van der Waals surface area contributed by atoms with Crippen LogP contribution in [0.1, 0.15) is 0 Å². The fraction of sp³-hybridized carbons (Fsp3) is 0. The first-order chi connectivity index (χ1) is 6.88. The summed E-state index contributed by atoms with van der Waals surface area (Å²) in [6.45, 7) is 0. The number of rotatable bonds is 1. The number of carbonyl (C=O) groups is 2. The largest absolute Gasteiger partial charge is 0.295 e. The molecule has 0 fully saturated rings. The first-order valence-corrected chi connectivity index (χ1v) is 4.21. The zero-order valence-electron chi connectivity index (χ0n) is 7.59. The Labute approximate surface area is 82.2 Å². The molecule has 0 aliphatic heterocycles. The van der Waals surface area contributed by atoms with E-state index in [1.165, 1.54) is 10.8 Å². The second-order valence-electron chi connectivity index (χ2n) is 2.62. The summed E-state index contributed by atoms with van der Waals surface area (Å²) < 4.78 is 0. The van der Waals surface area contributed by atoms with E-state index >= 15 is 0 Å². The maximum atomic E-state index is 8.81. The average Bonchev–Trinajstić information content (AvgIpc) is 2.30. The Morgan fingerprint density at radius 3 is 1.14 bits per heavy atom. The van der Waals surface area contributed by atoms with Crippen LogP contribution in [-0.4, -0.2) is 12.6 Å². The zero-order chi connectivity index (χ0) is 10.2. The molecule has 0 heterocycles. The lowest BCUT2D eigenvalue weighted by atomic mass is 10.1. The van der Waals surface area contributed by atoms with Crippen LogP contribution in [0.2, 0.25) is 0 Å². The summed E-state index contributed by atoms with van der Waals surface area (Å²) in [6.07, 6.45) is 0.389. The monoisotopic (exact) mass is 186 g/mol. The lowest BCUT2D eigenvalue weighted by Crippen LogP contribution is -1.67. The molecule has 0 N–H and O–H groups in total. The summed E-state index contributed by atoms with van der Waals surface area (Å²) in [5, 5.41) is 2.62. The van der Waals surface area contributed by atoms with Gasteiger partial charge in [-0.3, -0.25) is 9.59 Å². The van der Waals surface area contributed by atoms with Crippen molar-refractivity contribution in [2.24, 2.45) is 0 Å². The lowest BCUT2D eigenvalue weighted by Gasteiger charge is -1.92. The van der Waals surface area contributed by atoms with Crippen LogP contribution in [0.15, 0.2) is 48.5 Å². The quantitative estimate of drug-likeness (QED) is 0.505. The van der Waals surface area contributed by atoms with Gasteiger partial charge in [-0.25, -0.2) is 0 Å². The van der Waals surface area contributed by atoms with Crippen LogP contribution in [0.25, 0.3) is 10.8 Å². The van der Waals surface area contributed by atoms with E-state index in [1.807, 2.05) is 0 Å². The molecule has 0 unspecified atom stereocenters. The van der Waals surface area contributed by atoms with Crippen LogP contribution in [0.5, 0.6) is 0 Å². The number of benzene rings is 2. The highest BCUT2D eigenvalue weighted by atomic mass is 16.2. The minimum absolute atomic E-state index is 0.194. The van der Waals surface area contributed by atoms with Gasteiger partial charge in [0.25, 0.3) is 0 Å². The van der Waals surface area contributed by atoms with Crippen molar-refractivity contribution in [1.29, 1.82) is 0 Å². The zero-order valence-corrected chi connectivity index (χ0v) is 7.59. The topological polar surface area (TPSA) is 34.1 Å². The highest BCUT2D eigenvalue weighted by Crippen LogP contribution is 2.11. The van der Waals surface area contributed by atoms with Gasteiger partial charge in [0.1, 0.15) is 0 Å². The number of fused-ring (bicyclic) bond motifs is 1. The molecule has 70 valence electrons. The summed E-state index contributed by atoms with van der Waals surface area (Å²) in [5.41, 5.74) is 0. The normalized spacial score (nSPS) is 8.57. The molecule has 0 aliphatic carbocycles. The Bertz CT molecular complexity index is 350. The summed E-state index contributed by atoms with van der Waals surface area (Å²) >= 11 is 0. The molecule has 2 heteroatoms. The number of carbonyl (C=O) groups excluding carboxylic acids is 2. The molecule has 0 radical (unpaired) electrons. The predicted molar refractivity (Wildman–Crippen MR) is 56.1 cm³/mol. The van der Waals surface area contributed by atoms with Crippen molar-refractivity contribution >= 4 is 23.3 Å². The van der Waals surface area contributed by atoms with Gasteiger partial charge in [-0.05, 0) is 10.8 Å². The van der Waals surface area contributed by atoms with Crippen LogP contribution in [0.4, 0.5) is 0 Å². The third-order valence-corrected chi connectivity index (χ3v) is 1.71. The fourth-order valence-corrected chi connectivity index (χ4v) is 1.13. The summed E-state index contributed by atoms with van der Waals surface area (Å²) in [5.74, 6) is 0. The molecule has 2 aromatic rings. The Balaban J connectivity index is 0.000000213. The Kier molecular flexibility index (Phi) is 4.08. The second-order valence-corrected chi connectivity index (χ2v) is 2.62. The van der Waals surface area contributed by atoms with Gasteiger partial charge in [0.2, 0.25) is 0 Å². The fourth-order valence-electron chi connectivity index (χ4n) is 1.13. The Morgan fingerprint density at radius 2 is 0.929 bits per heavy atom. The van der Waals surface area contributed by atoms with Crippen LogP contribution < -0.4 is 0 Å². The van der Waals surface area contributed by atoms with Crippen LogP contribution in [0.3, 0.4) is 0 Å². The predicted octanol–water partition coefficient (Wildman–Crippen LogP) is 2.22. The maximum Gasteiger partial charge on any atom is 0.182 e. The van der Waals surface area contributed by atoms with Crippen LogP contribution >= 0.6 is 0 Å². The standard InChI is InChI=1S/C10H8.C2H2O2/c1-2-6-10-8-4-3-7-9(10)5-1;3-1-2-4/h1-8H;1-2H. The first-order valence-electron chi connectivity index (χ1n) is 4.21. The smallest absolute Gasteiger partial charge is 0.182 e. The molecule has 0 aromatic heterocycles. The van der Waals surface area contributed by atoms with Crippen molar-refractivity contribution in [2.75, 3.05) is 0 Å². The van der Waals surface area contributed by atoms with Gasteiger partial charge in [0.05, 0.1) is 0 Å². The van der Waals surface area contributed by atoms with Crippen molar-refractivity contribution in [2.45, 2.75) is 0 Å². The van der Waals surface area contributed by atoms with Gasteiger partial charge in [-0.15, -0.1) is 0 Å². The number of hydrogen-bond acceptors (Lipinski definition) is 2. The molecule has 14 heavy (non-hydrogen) atoms. The van der Waals surface area contributed by atoms with Gasteiger partial charge in [0, 0.05) is 0 Å². The molecule has 2 nitrogen and oxygen atoms in total. The van der Waals surface area contributed by atoms with Gasteiger partial charge in [0.15, 0.2) is 12.6 Å². The van der Waals surface area contributed by atoms with Crippen molar-refractivity contribution in [1.82, 2.24) is 0 Å². The van der Waals surface area contributed by atoms with Gasteiger partial charge >= 0.3 is 0 Å². The molecular weight excluding hydrogens is 176 g/mol. The summed E-state index contributed by atoms with van der Waals surface area (Å²) in [4.78, 5) is 17.6. The van der Waals surface area contributed by atoms with Crippen molar-refractivity contribution < 1.29 is 9.59 Å². The molecule has 0 saturated carbocycles. The van der Waals surface area contributed by atoms with Crippen LogP contribution in [0, 0.1) is 0 Å². The lowest BCUT2D eigenvalue weighted by molar-refractivity contribution is -0.122. The van der Waals surface area contributed by atoms with E-state index in [2.05, 4.69) is 48.5 Å². The van der Waals surface area contributed by atoms with Gasteiger partial charge in [-0.1, -0.05) is 48.5 Å². The van der Waals surface area contributed by atoms with E-state index in [9.17, 15) is 0 Å². The van der Waals surface area contributed by atoms with E-state index in [1.54, 1.807) is 0 Å². The molecule has 0 amide bonds. The van der Waals surface area contributed by atoms with E-state index in [-0.39, 0.29) is 12.6 Å². The van der Waals surface area contributed by atoms with E-state index in [0.717, 1.165) is 0 Å². The first kappa shape index (κ1) is 10.1. The molecule has 0 saturated heterocycles. The number of aldehydes is 2. The van der Waals surface area contributed by atoms with E-state index in [0.29, 0.717) is 0 Å². The second kappa shape index (κ2) is 5.65. The SMILES string of the molecule is O=CC=O.c1ccc2ccccc2c1. The van der Waals surface area contributed by atoms with Gasteiger partial charge < -0.3 is 0 Å². The molecule has 0 atom stereocenters. The molecule has 2 aromatic carbocycles. The summed E-state index contributed by atoms with van der Waals surface area (Å²) in [7, 11) is 0. The minimum atomic E-state index is 0.194. The van der Waals surface area contributed by atoms with Crippen LogP contribution in [-0.2, 0) is 9.59 Å². The van der Waals surface area contributed by atoms with E-state index < -0.39 is 0 Å². The van der Waals surface area contributed by atoms with Gasteiger partial charge in [-0.2, -0.15) is 0 Å². The number of hydrogen-bond donors (Lipinski definition) is 0. The molecule has 0 bridgehead atoms. The van der Waals surface area contributed by atoms with Crippen molar-refractivity contribution in [3.63, 3.8) is 0 Å². The highest BCUT2D eigenvalue weighted by Gasteiger charge is 1.85. The molecule has 0 spiro atoms. The highest BCUT2D eigenvalue weighted by molar-refractivity contribution is 6.09. The third-order valence-electron chi connectivity index (χ3n) is 1.71. The third kappa shape index (κ3) is 2.83. The summed E-state index contributed by atoms with van der Waals surface area (Å²) in [6, 6.07) is 16.7. The molecular formula is C12H10O2.